The minimum atomic E-state index is -0.160. The second kappa shape index (κ2) is 8.58. The molecule has 0 fully saturated rings. The Morgan fingerprint density at radius 3 is 2.41 bits per heavy atom. The van der Waals surface area contributed by atoms with Crippen molar-refractivity contribution in [2.45, 2.75) is 0 Å². The molecule has 0 spiro atoms. The SMILES string of the molecule is COc1ccc(C(=O)C=Cc2cc(O)ccc2N=Nc2ccccc2)cc1. The molecular weight excluding hydrogens is 340 g/mol. The zero-order valence-corrected chi connectivity index (χ0v) is 14.7. The number of rotatable bonds is 6. The normalized spacial score (nSPS) is 11.1. The van der Waals surface area contributed by atoms with Crippen molar-refractivity contribution in [3.05, 3.63) is 90.0 Å². The number of ether oxygens (including phenoxy) is 1. The summed E-state index contributed by atoms with van der Waals surface area (Å²) in [6.07, 6.45) is 3.06. The van der Waals surface area contributed by atoms with E-state index in [1.54, 1.807) is 43.5 Å². The van der Waals surface area contributed by atoms with Crippen LogP contribution in [0.15, 0.2) is 89.1 Å². The van der Waals surface area contributed by atoms with Crippen LogP contribution in [0.2, 0.25) is 0 Å². The third-order valence-electron chi connectivity index (χ3n) is 3.83. The fraction of sp³-hybridized carbons (Fsp3) is 0.0455. The third kappa shape index (κ3) is 4.89. The Kier molecular flexibility index (Phi) is 5.74. The smallest absolute Gasteiger partial charge is 0.185 e. The molecule has 5 heteroatoms. The van der Waals surface area contributed by atoms with E-state index in [9.17, 15) is 9.90 Å². The van der Waals surface area contributed by atoms with E-state index in [0.717, 1.165) is 5.69 Å². The van der Waals surface area contributed by atoms with Crippen molar-refractivity contribution < 1.29 is 14.6 Å². The fourth-order valence-electron chi connectivity index (χ4n) is 2.39. The van der Waals surface area contributed by atoms with Crippen LogP contribution in [-0.4, -0.2) is 18.0 Å². The topological polar surface area (TPSA) is 71.2 Å². The summed E-state index contributed by atoms with van der Waals surface area (Å²) in [5.74, 6) is 0.615. The lowest BCUT2D eigenvalue weighted by atomic mass is 10.1. The lowest BCUT2D eigenvalue weighted by Crippen LogP contribution is -1.94. The number of carbonyl (C=O) groups is 1. The Balaban J connectivity index is 1.82. The van der Waals surface area contributed by atoms with Gasteiger partial charge in [0.15, 0.2) is 5.78 Å². The van der Waals surface area contributed by atoms with Crippen molar-refractivity contribution >= 4 is 23.2 Å². The predicted molar refractivity (Wildman–Crippen MR) is 105 cm³/mol. The molecule has 3 aromatic rings. The average Bonchev–Trinajstić information content (AvgIpc) is 2.72. The van der Waals surface area contributed by atoms with E-state index in [1.807, 2.05) is 30.3 Å². The largest absolute Gasteiger partial charge is 0.508 e. The van der Waals surface area contributed by atoms with Gasteiger partial charge in [0.25, 0.3) is 0 Å². The molecule has 0 amide bonds. The molecule has 0 aliphatic rings. The molecule has 0 aliphatic carbocycles. The summed E-state index contributed by atoms with van der Waals surface area (Å²) in [5, 5.41) is 18.2. The quantitative estimate of drug-likeness (QED) is 0.348. The van der Waals surface area contributed by atoms with Gasteiger partial charge in [-0.25, -0.2) is 0 Å². The first-order valence-corrected chi connectivity index (χ1v) is 8.32. The number of aromatic hydroxyl groups is 1. The predicted octanol–water partition coefficient (Wildman–Crippen LogP) is 5.71. The Bertz CT molecular complexity index is 978. The highest BCUT2D eigenvalue weighted by atomic mass is 16.5. The number of phenols is 1. The first kappa shape index (κ1) is 18.1. The van der Waals surface area contributed by atoms with E-state index in [0.29, 0.717) is 22.6 Å². The summed E-state index contributed by atoms with van der Waals surface area (Å²) < 4.78 is 5.09. The molecule has 3 rings (SSSR count). The van der Waals surface area contributed by atoms with Crippen LogP contribution in [0.25, 0.3) is 6.08 Å². The molecular formula is C22H18N2O3. The number of ketones is 1. The van der Waals surface area contributed by atoms with Crippen LogP contribution in [-0.2, 0) is 0 Å². The molecule has 0 bridgehead atoms. The lowest BCUT2D eigenvalue weighted by Gasteiger charge is -2.02. The van der Waals surface area contributed by atoms with Gasteiger partial charge in [-0.05, 0) is 66.7 Å². The molecule has 0 saturated carbocycles. The molecule has 1 N–H and O–H groups in total. The number of carbonyl (C=O) groups excluding carboxylic acids is 1. The Morgan fingerprint density at radius 2 is 1.70 bits per heavy atom. The number of allylic oxidation sites excluding steroid dienone is 1. The van der Waals surface area contributed by atoms with E-state index in [4.69, 9.17) is 4.74 Å². The van der Waals surface area contributed by atoms with Gasteiger partial charge in [-0.15, -0.1) is 5.11 Å². The number of methoxy groups -OCH3 is 1. The minimum Gasteiger partial charge on any atom is -0.508 e. The van der Waals surface area contributed by atoms with Gasteiger partial charge in [0.05, 0.1) is 18.5 Å². The van der Waals surface area contributed by atoms with Gasteiger partial charge < -0.3 is 9.84 Å². The van der Waals surface area contributed by atoms with Crippen molar-refractivity contribution in [3.63, 3.8) is 0 Å². The molecule has 0 aromatic heterocycles. The van der Waals surface area contributed by atoms with E-state index in [2.05, 4.69) is 10.2 Å². The summed E-state index contributed by atoms with van der Waals surface area (Å²) in [6, 6.07) is 20.9. The molecule has 0 atom stereocenters. The van der Waals surface area contributed by atoms with Crippen LogP contribution in [0, 0.1) is 0 Å². The highest BCUT2D eigenvalue weighted by molar-refractivity contribution is 6.07. The van der Waals surface area contributed by atoms with Gasteiger partial charge in [0.2, 0.25) is 0 Å². The van der Waals surface area contributed by atoms with E-state index in [1.165, 1.54) is 18.2 Å². The van der Waals surface area contributed by atoms with E-state index < -0.39 is 0 Å². The summed E-state index contributed by atoms with van der Waals surface area (Å²) in [4.78, 5) is 12.3. The van der Waals surface area contributed by atoms with Gasteiger partial charge in [-0.1, -0.05) is 18.2 Å². The number of nitrogens with zero attached hydrogens (tertiary/aromatic N) is 2. The molecule has 0 aliphatic heterocycles. The second-order valence-corrected chi connectivity index (χ2v) is 5.70. The van der Waals surface area contributed by atoms with Crippen LogP contribution >= 0.6 is 0 Å². The lowest BCUT2D eigenvalue weighted by molar-refractivity contribution is 0.104. The molecule has 0 unspecified atom stereocenters. The van der Waals surface area contributed by atoms with Gasteiger partial charge in [0.1, 0.15) is 11.5 Å². The van der Waals surface area contributed by atoms with Crippen molar-refractivity contribution in [2.24, 2.45) is 10.2 Å². The summed E-state index contributed by atoms with van der Waals surface area (Å²) in [6.45, 7) is 0. The van der Waals surface area contributed by atoms with Gasteiger partial charge in [0, 0.05) is 11.1 Å². The maximum Gasteiger partial charge on any atom is 0.185 e. The number of azo groups is 1. The third-order valence-corrected chi connectivity index (χ3v) is 3.83. The molecule has 3 aromatic carbocycles. The first-order chi connectivity index (χ1) is 13.2. The molecule has 134 valence electrons. The van der Waals surface area contributed by atoms with Gasteiger partial charge >= 0.3 is 0 Å². The number of hydrogen-bond donors (Lipinski definition) is 1. The average molecular weight is 358 g/mol. The van der Waals surface area contributed by atoms with Crippen LogP contribution in [0.4, 0.5) is 11.4 Å². The zero-order valence-electron chi connectivity index (χ0n) is 14.7. The highest BCUT2D eigenvalue weighted by Gasteiger charge is 2.05. The Hall–Kier alpha value is -3.73. The maximum atomic E-state index is 12.3. The van der Waals surface area contributed by atoms with Crippen molar-refractivity contribution in [1.82, 2.24) is 0 Å². The number of benzene rings is 3. The minimum absolute atomic E-state index is 0.0882. The Morgan fingerprint density at radius 1 is 0.963 bits per heavy atom. The van der Waals surface area contributed by atoms with Gasteiger partial charge in [-0.3, -0.25) is 4.79 Å². The number of hydrogen-bond acceptors (Lipinski definition) is 5. The molecule has 0 radical (unpaired) electrons. The zero-order chi connectivity index (χ0) is 19.1. The first-order valence-electron chi connectivity index (χ1n) is 8.32. The van der Waals surface area contributed by atoms with Crippen LogP contribution in [0.5, 0.6) is 11.5 Å². The molecule has 27 heavy (non-hydrogen) atoms. The van der Waals surface area contributed by atoms with E-state index >= 15 is 0 Å². The molecule has 0 saturated heterocycles. The van der Waals surface area contributed by atoms with Crippen LogP contribution < -0.4 is 4.74 Å². The summed E-state index contributed by atoms with van der Waals surface area (Å²) in [7, 11) is 1.57. The van der Waals surface area contributed by atoms with Crippen molar-refractivity contribution in [2.75, 3.05) is 7.11 Å². The Labute approximate surface area is 157 Å². The summed E-state index contributed by atoms with van der Waals surface area (Å²) in [5.41, 5.74) is 2.40. The van der Waals surface area contributed by atoms with Crippen LogP contribution in [0.1, 0.15) is 15.9 Å². The standard InChI is InChI=1S/C22H18N2O3/c1-27-20-11-7-16(8-12-20)22(26)14-9-17-15-19(25)10-13-21(17)24-23-18-5-3-2-4-6-18/h2-15,25H,1H3. The highest BCUT2D eigenvalue weighted by Crippen LogP contribution is 2.27. The van der Waals surface area contributed by atoms with Crippen molar-refractivity contribution in [3.8, 4) is 11.5 Å². The number of phenolic OH excluding ortho intramolecular Hbond substituents is 1. The van der Waals surface area contributed by atoms with Crippen molar-refractivity contribution in [1.29, 1.82) is 0 Å². The van der Waals surface area contributed by atoms with Crippen LogP contribution in [0.3, 0.4) is 0 Å². The summed E-state index contributed by atoms with van der Waals surface area (Å²) >= 11 is 0. The monoisotopic (exact) mass is 358 g/mol. The van der Waals surface area contributed by atoms with E-state index in [-0.39, 0.29) is 11.5 Å². The maximum absolute atomic E-state index is 12.3. The fourth-order valence-corrected chi connectivity index (χ4v) is 2.39. The molecule has 5 nitrogen and oxygen atoms in total. The molecule has 0 heterocycles. The second-order valence-electron chi connectivity index (χ2n) is 5.70. The van der Waals surface area contributed by atoms with Gasteiger partial charge in [-0.2, -0.15) is 5.11 Å².